The highest BCUT2D eigenvalue weighted by Gasteiger charge is 2.67. The molecule has 2 aliphatic heterocycles. The van der Waals surface area contributed by atoms with E-state index in [2.05, 4.69) is 5.32 Å². The van der Waals surface area contributed by atoms with Crippen LogP contribution in [-0.2, 0) is 19.1 Å². The Bertz CT molecular complexity index is 1370. The van der Waals surface area contributed by atoms with Crippen LogP contribution in [0.4, 0.5) is 0 Å². The zero-order valence-electron chi connectivity index (χ0n) is 28.2. The SMILES string of the molecule is NC1CC(C[C@@H]2C=C[C@]3(CO)O[C@H](OC4CCCC5C(=O)[C@@H]6C=C(CC7CCCC(CO)C7)C=C(O)[C@H]6C(=O)C45)[C@H](O)[C@]2(O)[C@@H]3O)CC[NH2+]1. The number of quaternary nitrogens is 1. The van der Waals surface area contributed by atoms with Gasteiger partial charge in [0.05, 0.1) is 37.0 Å². The molecule has 2 saturated heterocycles. The number of fused-ring (bicyclic) bond motifs is 4. The second-order valence-corrected chi connectivity index (χ2v) is 16.3. The predicted octanol–water partition coefficient (Wildman–Crippen LogP) is 0.117. The fraction of sp³-hybridized carbons (Fsp3) is 0.784. The van der Waals surface area contributed by atoms with Gasteiger partial charge in [-0.05, 0) is 74.3 Å². The molecule has 7 unspecified atom stereocenters. The molecule has 0 spiro atoms. The Balaban J connectivity index is 1.10. The summed E-state index contributed by atoms with van der Waals surface area (Å²) in [5.74, 6) is -3.71. The highest BCUT2D eigenvalue weighted by molar-refractivity contribution is 6.02. The Hall–Kier alpha value is -2.00. The molecule has 0 radical (unpaired) electrons. The van der Waals surface area contributed by atoms with E-state index in [4.69, 9.17) is 15.2 Å². The van der Waals surface area contributed by atoms with Crippen molar-refractivity contribution in [3.05, 3.63) is 35.6 Å². The van der Waals surface area contributed by atoms with Gasteiger partial charge < -0.3 is 45.4 Å². The average Bonchev–Trinajstić information content (AvgIpc) is 3.09. The van der Waals surface area contributed by atoms with E-state index in [1.807, 2.05) is 6.08 Å². The molecule has 12 nitrogen and oxygen atoms in total. The molecule has 3 saturated carbocycles. The van der Waals surface area contributed by atoms with Crippen LogP contribution in [-0.4, -0.2) is 104 Å². The lowest BCUT2D eigenvalue weighted by Crippen LogP contribution is -2.94. The fourth-order valence-electron chi connectivity index (χ4n) is 10.6. The average molecular weight is 688 g/mol. The molecule has 272 valence electrons. The molecule has 2 heterocycles. The van der Waals surface area contributed by atoms with Crippen LogP contribution in [0.5, 0.6) is 0 Å². The van der Waals surface area contributed by atoms with E-state index in [0.717, 1.165) is 50.6 Å². The highest BCUT2D eigenvalue weighted by Crippen LogP contribution is 2.51. The zero-order chi connectivity index (χ0) is 34.7. The predicted molar refractivity (Wildman–Crippen MR) is 175 cm³/mol. The molecule has 5 aliphatic carbocycles. The number of piperidine rings is 1. The second kappa shape index (κ2) is 13.9. The Morgan fingerprint density at radius 3 is 2.53 bits per heavy atom. The number of ether oxygens (including phenoxy) is 2. The smallest absolute Gasteiger partial charge is 0.188 e. The molecule has 15 atom stereocenters. The van der Waals surface area contributed by atoms with Gasteiger partial charge in [-0.1, -0.05) is 37.5 Å². The van der Waals surface area contributed by atoms with Crippen LogP contribution in [0.1, 0.15) is 70.6 Å². The quantitative estimate of drug-likeness (QED) is 0.160. The number of hydrogen-bond acceptors (Lipinski definition) is 11. The van der Waals surface area contributed by atoms with Crippen molar-refractivity contribution in [2.75, 3.05) is 19.8 Å². The van der Waals surface area contributed by atoms with Crippen molar-refractivity contribution in [3.63, 3.8) is 0 Å². The highest BCUT2D eigenvalue weighted by atomic mass is 16.7. The number of allylic oxidation sites excluding steroid dienone is 4. The van der Waals surface area contributed by atoms with Gasteiger partial charge in [-0.2, -0.15) is 0 Å². The van der Waals surface area contributed by atoms with E-state index in [1.165, 1.54) is 0 Å². The number of ketones is 2. The van der Waals surface area contributed by atoms with Crippen LogP contribution < -0.4 is 11.1 Å². The Morgan fingerprint density at radius 1 is 1.00 bits per heavy atom. The molecule has 0 aromatic heterocycles. The number of hydrogen-bond donors (Lipinski definition) is 8. The van der Waals surface area contributed by atoms with E-state index in [0.29, 0.717) is 38.0 Å². The Kier molecular flexibility index (Phi) is 10.0. The van der Waals surface area contributed by atoms with E-state index in [1.54, 1.807) is 18.2 Å². The molecular formula is C37H55N2O10+. The van der Waals surface area contributed by atoms with Gasteiger partial charge in [-0.25, -0.2) is 0 Å². The summed E-state index contributed by atoms with van der Waals surface area (Å²) in [7, 11) is 0. The first-order chi connectivity index (χ1) is 23.5. The second-order valence-electron chi connectivity index (χ2n) is 16.3. The van der Waals surface area contributed by atoms with Crippen LogP contribution in [0.25, 0.3) is 0 Å². The van der Waals surface area contributed by atoms with Crippen molar-refractivity contribution in [1.29, 1.82) is 0 Å². The van der Waals surface area contributed by atoms with E-state index >= 15 is 0 Å². The number of carbonyl (C=O) groups excluding carboxylic acids is 2. The van der Waals surface area contributed by atoms with Crippen LogP contribution in [0.2, 0.25) is 0 Å². The summed E-state index contributed by atoms with van der Waals surface area (Å²) >= 11 is 0. The van der Waals surface area contributed by atoms with E-state index < -0.39 is 72.0 Å². The fourth-order valence-corrected chi connectivity index (χ4v) is 10.6. The van der Waals surface area contributed by atoms with Crippen molar-refractivity contribution in [2.45, 2.75) is 113 Å². The normalized spacial score (nSPS) is 48.3. The van der Waals surface area contributed by atoms with Crippen molar-refractivity contribution >= 4 is 11.6 Å². The standard InChI is InChI=1S/C37H54N2O10/c38-28-16-20(8-10-39-28)13-23-7-9-36(18-41)35(46)37(23,47)33(45)34(49-36)48-27-6-2-5-24-30(27)32(44)29-25(31(24)43)14-22(15-26(29)42)12-19-3-1-4-21(11-19)17-40/h7,9,14-15,19-21,23-25,27-30,33-35,39-42,45-47H,1-6,8,10-13,16-18,38H2/p+1/t19?,20?,21?,23-,24?,25+,27?,28?,29-,30?,33-,34-,35+,36+,37-/m0/s1. The lowest BCUT2D eigenvalue weighted by Gasteiger charge is -2.58. The van der Waals surface area contributed by atoms with Gasteiger partial charge in [0, 0.05) is 24.9 Å². The van der Waals surface area contributed by atoms with Crippen LogP contribution in [0.3, 0.4) is 0 Å². The van der Waals surface area contributed by atoms with E-state index in [9.17, 15) is 40.2 Å². The molecule has 7 rings (SSSR count). The maximum absolute atomic E-state index is 14.2. The van der Waals surface area contributed by atoms with Crippen molar-refractivity contribution in [1.82, 2.24) is 0 Å². The number of rotatable bonds is 8. The molecule has 0 aromatic rings. The third kappa shape index (κ3) is 6.18. The van der Waals surface area contributed by atoms with Gasteiger partial charge in [0.15, 0.2) is 12.1 Å². The Morgan fingerprint density at radius 2 is 1.78 bits per heavy atom. The van der Waals surface area contributed by atoms with Crippen molar-refractivity contribution < 1.29 is 55.0 Å². The van der Waals surface area contributed by atoms with Gasteiger partial charge in [0.1, 0.15) is 41.1 Å². The van der Waals surface area contributed by atoms with Gasteiger partial charge in [0.2, 0.25) is 0 Å². The molecule has 2 bridgehead atoms. The minimum atomic E-state index is -2.11. The molecule has 0 amide bonds. The first kappa shape index (κ1) is 35.4. The maximum atomic E-state index is 14.2. The molecule has 0 aromatic carbocycles. The summed E-state index contributed by atoms with van der Waals surface area (Å²) < 4.78 is 12.5. The summed E-state index contributed by atoms with van der Waals surface area (Å²) in [5.41, 5.74) is 3.18. The zero-order valence-corrected chi connectivity index (χ0v) is 28.2. The van der Waals surface area contributed by atoms with Gasteiger partial charge in [-0.3, -0.25) is 15.3 Å². The first-order valence-corrected chi connectivity index (χ1v) is 18.6. The van der Waals surface area contributed by atoms with Crippen LogP contribution in [0, 0.1) is 47.3 Å². The summed E-state index contributed by atoms with van der Waals surface area (Å²) in [5, 5.41) is 68.7. The number of Topliss-reactive ketones (excluding diaryl/α,β-unsaturated/α-hetero) is 2. The van der Waals surface area contributed by atoms with Gasteiger partial charge in [0.25, 0.3) is 0 Å². The van der Waals surface area contributed by atoms with Gasteiger partial charge >= 0.3 is 0 Å². The summed E-state index contributed by atoms with van der Waals surface area (Å²) in [4.78, 5) is 28.3. The molecular weight excluding hydrogens is 632 g/mol. The minimum absolute atomic E-state index is 0.0651. The third-order valence-electron chi connectivity index (χ3n) is 13.2. The number of aliphatic hydroxyl groups excluding tert-OH is 5. The first-order valence-electron chi connectivity index (χ1n) is 18.6. The van der Waals surface area contributed by atoms with Crippen molar-refractivity contribution in [3.8, 4) is 0 Å². The van der Waals surface area contributed by atoms with E-state index in [-0.39, 0.29) is 41.9 Å². The van der Waals surface area contributed by atoms with Crippen LogP contribution in [0.15, 0.2) is 35.6 Å². The summed E-state index contributed by atoms with van der Waals surface area (Å²) in [6, 6.07) is 0. The number of aliphatic hydroxyl groups is 6. The lowest BCUT2D eigenvalue weighted by molar-refractivity contribution is -0.699. The Labute approximate surface area is 287 Å². The molecule has 5 fully saturated rings. The number of carbonyl (C=O) groups is 2. The third-order valence-corrected chi connectivity index (χ3v) is 13.2. The summed E-state index contributed by atoms with van der Waals surface area (Å²) in [6.45, 7) is 0.325. The minimum Gasteiger partial charge on any atom is -0.512 e. The molecule has 7 aliphatic rings. The monoisotopic (exact) mass is 687 g/mol. The van der Waals surface area contributed by atoms with Crippen LogP contribution >= 0.6 is 0 Å². The molecule has 49 heavy (non-hydrogen) atoms. The topological polar surface area (TPSA) is 217 Å². The number of nitrogens with two attached hydrogens (primary N) is 2. The maximum Gasteiger partial charge on any atom is 0.188 e. The van der Waals surface area contributed by atoms with Gasteiger partial charge in [-0.15, -0.1) is 0 Å². The lowest BCUT2D eigenvalue weighted by atomic mass is 9.59. The largest absolute Gasteiger partial charge is 0.512 e. The van der Waals surface area contributed by atoms with Crippen molar-refractivity contribution in [2.24, 2.45) is 53.1 Å². The molecule has 10 N–H and O–H groups in total. The molecule has 12 heteroatoms. The summed E-state index contributed by atoms with van der Waals surface area (Å²) in [6.07, 6.45) is 9.15.